The van der Waals surface area contributed by atoms with Crippen LogP contribution in [-0.4, -0.2) is 19.5 Å². The predicted octanol–water partition coefficient (Wildman–Crippen LogP) is 14.5. The van der Waals surface area contributed by atoms with E-state index in [2.05, 4.69) is 168 Å². The van der Waals surface area contributed by atoms with Crippen LogP contribution in [-0.2, 0) is 0 Å². The van der Waals surface area contributed by atoms with Gasteiger partial charge in [0.25, 0.3) is 0 Å². The highest BCUT2D eigenvalue weighted by molar-refractivity contribution is 7.25. The Bertz CT molecular complexity index is 3860. The number of hydrogen-bond acceptors (Lipinski definition) is 5. The number of thiophene rings is 1. The van der Waals surface area contributed by atoms with Gasteiger partial charge in [0.2, 0.25) is 0 Å². The van der Waals surface area contributed by atoms with E-state index < -0.39 is 0 Å². The smallest absolute Gasteiger partial charge is 0.170 e. The Hall–Kier alpha value is -7.67. The Morgan fingerprint density at radius 3 is 1.88 bits per heavy atom. The molecule has 4 aromatic heterocycles. The standard InChI is InChI=1S/C53H30N4OS/c1-2-13-32(14-3-1)51-54-52(35-23-27-47-42(29-35)38-19-9-11-21-46(38)59-47)56-53(55-51)48-44(26-25-40-39-24-22-31-12-6-7-17-36(31)49(39)58-50(40)48)57-43-20-10-8-18-37(43)41-28-33-15-4-5-16-34(33)30-45(41)57/h1-30H. The highest BCUT2D eigenvalue weighted by Crippen LogP contribution is 2.45. The summed E-state index contributed by atoms with van der Waals surface area (Å²) in [6, 6.07) is 64.4. The van der Waals surface area contributed by atoms with Gasteiger partial charge in [-0.25, -0.2) is 15.0 Å². The lowest BCUT2D eigenvalue weighted by molar-refractivity contribution is 0.673. The molecular weight excluding hydrogens is 741 g/mol. The van der Waals surface area contributed by atoms with E-state index in [4.69, 9.17) is 19.4 Å². The number of furan rings is 1. The Morgan fingerprint density at radius 1 is 0.373 bits per heavy atom. The van der Waals surface area contributed by atoms with Crippen molar-refractivity contribution < 1.29 is 4.42 Å². The molecule has 0 amide bonds. The number of aromatic nitrogens is 4. The summed E-state index contributed by atoms with van der Waals surface area (Å²) in [5.41, 5.74) is 7.33. The van der Waals surface area contributed by atoms with Crippen LogP contribution in [0, 0.1) is 0 Å². The number of fused-ring (bicyclic) bond motifs is 12. The van der Waals surface area contributed by atoms with Crippen LogP contribution < -0.4 is 0 Å². The van der Waals surface area contributed by atoms with Gasteiger partial charge in [-0.2, -0.15) is 0 Å². The molecular formula is C53H30N4OS. The molecule has 0 bridgehead atoms. The van der Waals surface area contributed by atoms with Gasteiger partial charge in [-0.15, -0.1) is 11.3 Å². The minimum Gasteiger partial charge on any atom is -0.455 e. The van der Waals surface area contributed by atoms with Gasteiger partial charge in [-0.1, -0.05) is 121 Å². The summed E-state index contributed by atoms with van der Waals surface area (Å²) in [6.07, 6.45) is 0. The van der Waals surface area contributed by atoms with Crippen LogP contribution in [0.5, 0.6) is 0 Å². The first-order valence-electron chi connectivity index (χ1n) is 19.8. The zero-order valence-corrected chi connectivity index (χ0v) is 32.2. The van der Waals surface area contributed by atoms with Crippen molar-refractivity contribution in [2.24, 2.45) is 0 Å². The summed E-state index contributed by atoms with van der Waals surface area (Å²) in [6.45, 7) is 0. The van der Waals surface area contributed by atoms with E-state index in [1.165, 1.54) is 41.7 Å². The molecule has 0 aliphatic rings. The number of hydrogen-bond donors (Lipinski definition) is 0. The summed E-state index contributed by atoms with van der Waals surface area (Å²) in [5, 5.41) is 11.4. The predicted molar refractivity (Wildman–Crippen MR) is 246 cm³/mol. The molecule has 0 atom stereocenters. The lowest BCUT2D eigenvalue weighted by Gasteiger charge is -2.15. The average molecular weight is 771 g/mol. The van der Waals surface area contributed by atoms with Gasteiger partial charge in [0.15, 0.2) is 17.5 Å². The first-order chi connectivity index (χ1) is 29.2. The highest BCUT2D eigenvalue weighted by Gasteiger charge is 2.25. The summed E-state index contributed by atoms with van der Waals surface area (Å²) >= 11 is 1.80. The summed E-state index contributed by atoms with van der Waals surface area (Å²) in [7, 11) is 0. The molecule has 0 aliphatic heterocycles. The fourth-order valence-corrected chi connectivity index (χ4v) is 10.2. The molecule has 0 spiro atoms. The van der Waals surface area contributed by atoms with Crippen LogP contribution in [0.25, 0.3) is 125 Å². The largest absolute Gasteiger partial charge is 0.455 e. The quantitative estimate of drug-likeness (QED) is 0.179. The summed E-state index contributed by atoms with van der Waals surface area (Å²) in [4.78, 5) is 16.0. The second kappa shape index (κ2) is 12.4. The van der Waals surface area contributed by atoms with Crippen molar-refractivity contribution in [3.8, 4) is 39.9 Å². The Kier molecular flexibility index (Phi) is 6.82. The monoisotopic (exact) mass is 770 g/mol. The average Bonchev–Trinajstić information content (AvgIpc) is 3.97. The molecule has 13 rings (SSSR count). The van der Waals surface area contributed by atoms with Crippen LogP contribution in [0.4, 0.5) is 0 Å². The van der Waals surface area contributed by atoms with Crippen molar-refractivity contribution in [1.29, 1.82) is 0 Å². The van der Waals surface area contributed by atoms with Gasteiger partial charge < -0.3 is 8.98 Å². The van der Waals surface area contributed by atoms with Crippen molar-refractivity contribution in [1.82, 2.24) is 19.5 Å². The number of benzene rings is 9. The maximum Gasteiger partial charge on any atom is 0.170 e. The van der Waals surface area contributed by atoms with E-state index in [9.17, 15) is 0 Å². The maximum atomic E-state index is 7.16. The number of rotatable bonds is 4. The van der Waals surface area contributed by atoms with E-state index in [1.807, 2.05) is 18.2 Å². The first-order valence-corrected chi connectivity index (χ1v) is 20.6. The lowest BCUT2D eigenvalue weighted by atomic mass is 10.0. The Morgan fingerprint density at radius 2 is 1.02 bits per heavy atom. The maximum absolute atomic E-state index is 7.16. The third-order valence-electron chi connectivity index (χ3n) is 11.8. The molecule has 13 aromatic rings. The van der Waals surface area contributed by atoms with Gasteiger partial charge in [0.1, 0.15) is 11.2 Å². The fraction of sp³-hybridized carbons (Fsp3) is 0. The van der Waals surface area contributed by atoms with Crippen LogP contribution in [0.15, 0.2) is 186 Å². The van der Waals surface area contributed by atoms with Crippen molar-refractivity contribution in [3.05, 3.63) is 182 Å². The van der Waals surface area contributed by atoms with Crippen molar-refractivity contribution in [3.63, 3.8) is 0 Å². The molecule has 274 valence electrons. The second-order valence-corrected chi connectivity index (χ2v) is 16.2. The van der Waals surface area contributed by atoms with Crippen LogP contribution in [0.2, 0.25) is 0 Å². The fourth-order valence-electron chi connectivity index (χ4n) is 9.07. The number of para-hydroxylation sites is 1. The molecule has 6 heteroatoms. The molecule has 59 heavy (non-hydrogen) atoms. The van der Waals surface area contributed by atoms with Crippen molar-refractivity contribution >= 4 is 96.8 Å². The van der Waals surface area contributed by atoms with Crippen LogP contribution in [0.1, 0.15) is 0 Å². The van der Waals surface area contributed by atoms with Gasteiger partial charge in [-0.3, -0.25) is 0 Å². The molecule has 0 fully saturated rings. The van der Waals surface area contributed by atoms with Gasteiger partial charge >= 0.3 is 0 Å². The molecule has 4 heterocycles. The number of nitrogens with zero attached hydrogens (tertiary/aromatic N) is 4. The third kappa shape index (κ3) is 4.87. The SMILES string of the molecule is c1ccc(-c2nc(-c3ccc4sc5ccccc5c4c3)nc(-c3c(-n4c5ccccc5c5cc6ccccc6cc54)ccc4c3oc3c5ccccc5ccc43)n2)cc1. The van der Waals surface area contributed by atoms with E-state index >= 15 is 0 Å². The van der Waals surface area contributed by atoms with Crippen LogP contribution in [0.3, 0.4) is 0 Å². The minimum absolute atomic E-state index is 0.541. The second-order valence-electron chi connectivity index (χ2n) is 15.2. The Balaban J connectivity index is 1.17. The Labute approximate surface area is 341 Å². The molecule has 0 aliphatic carbocycles. The lowest BCUT2D eigenvalue weighted by Crippen LogP contribution is -2.04. The van der Waals surface area contributed by atoms with Crippen LogP contribution >= 0.6 is 11.3 Å². The highest BCUT2D eigenvalue weighted by atomic mass is 32.1. The molecule has 9 aromatic carbocycles. The normalized spacial score (nSPS) is 12.1. The molecule has 0 saturated carbocycles. The first kappa shape index (κ1) is 32.4. The van der Waals surface area contributed by atoms with Gasteiger partial charge in [0, 0.05) is 58.2 Å². The molecule has 0 unspecified atom stereocenters. The zero-order chi connectivity index (χ0) is 38.6. The van der Waals surface area contributed by atoms with E-state index in [0.717, 1.165) is 66.1 Å². The molecule has 0 saturated heterocycles. The van der Waals surface area contributed by atoms with E-state index in [1.54, 1.807) is 11.3 Å². The van der Waals surface area contributed by atoms with E-state index in [0.29, 0.717) is 17.5 Å². The molecule has 0 N–H and O–H groups in total. The molecule has 5 nitrogen and oxygen atoms in total. The van der Waals surface area contributed by atoms with Crippen molar-refractivity contribution in [2.75, 3.05) is 0 Å². The summed E-state index contributed by atoms with van der Waals surface area (Å²) in [5.74, 6) is 1.74. The third-order valence-corrected chi connectivity index (χ3v) is 13.0. The molecule has 0 radical (unpaired) electrons. The van der Waals surface area contributed by atoms with Gasteiger partial charge in [-0.05, 0) is 76.8 Å². The van der Waals surface area contributed by atoms with Crippen molar-refractivity contribution in [2.45, 2.75) is 0 Å². The van der Waals surface area contributed by atoms with E-state index in [-0.39, 0.29) is 0 Å². The summed E-state index contributed by atoms with van der Waals surface area (Å²) < 4.78 is 12.0. The topological polar surface area (TPSA) is 56.7 Å². The van der Waals surface area contributed by atoms with Gasteiger partial charge in [0.05, 0.1) is 22.3 Å². The minimum atomic E-state index is 0.541. The zero-order valence-electron chi connectivity index (χ0n) is 31.4.